The van der Waals surface area contributed by atoms with E-state index in [1.54, 1.807) is 0 Å². The van der Waals surface area contributed by atoms with Crippen molar-refractivity contribution in [2.45, 2.75) is 20.3 Å². The summed E-state index contributed by atoms with van der Waals surface area (Å²) in [5.74, 6) is 5.82. The van der Waals surface area contributed by atoms with Crippen LogP contribution >= 0.6 is 11.3 Å². The second-order valence-corrected chi connectivity index (χ2v) is 5.61. The summed E-state index contributed by atoms with van der Waals surface area (Å²) in [6.45, 7) is 3.95. The summed E-state index contributed by atoms with van der Waals surface area (Å²) in [6.07, 6.45) is 0.468. The van der Waals surface area contributed by atoms with Gasteiger partial charge in [0, 0.05) is 17.7 Å². The predicted molar refractivity (Wildman–Crippen MR) is 86.8 cm³/mol. The minimum atomic E-state index is -0.0824. The molecule has 0 atom stereocenters. The number of carbonyl (C=O) groups is 1. The Balaban J connectivity index is 2.12. The van der Waals surface area contributed by atoms with Crippen molar-refractivity contribution in [3.63, 3.8) is 0 Å². The zero-order chi connectivity index (χ0) is 15.2. The fourth-order valence-corrected chi connectivity index (χ4v) is 2.71. The van der Waals surface area contributed by atoms with Crippen LogP contribution in [0.1, 0.15) is 32.8 Å². The van der Waals surface area contributed by atoms with Gasteiger partial charge in [-0.1, -0.05) is 11.8 Å². The van der Waals surface area contributed by atoms with E-state index in [-0.39, 0.29) is 12.5 Å². The second-order valence-electron chi connectivity index (χ2n) is 4.69. The molecule has 2 N–H and O–H groups in total. The van der Waals surface area contributed by atoms with Crippen molar-refractivity contribution in [3.05, 3.63) is 51.2 Å². The number of thiophene rings is 1. The molecule has 0 aliphatic heterocycles. The Bertz CT molecular complexity index is 707. The van der Waals surface area contributed by atoms with Gasteiger partial charge in [0.1, 0.15) is 0 Å². The molecule has 21 heavy (non-hydrogen) atoms. The van der Waals surface area contributed by atoms with Crippen molar-refractivity contribution in [3.8, 4) is 11.8 Å². The molecule has 1 heterocycles. The third-order valence-corrected chi connectivity index (χ3v) is 4.03. The molecule has 2 aromatic rings. The lowest BCUT2D eigenvalue weighted by Crippen LogP contribution is -2.11. The molecule has 108 valence electrons. The van der Waals surface area contributed by atoms with E-state index >= 15 is 0 Å². The van der Waals surface area contributed by atoms with Crippen LogP contribution in [0.25, 0.3) is 0 Å². The summed E-state index contributed by atoms with van der Waals surface area (Å²) in [7, 11) is 0. The van der Waals surface area contributed by atoms with Gasteiger partial charge < -0.3 is 10.4 Å². The average Bonchev–Trinajstić information content (AvgIpc) is 2.88. The largest absolute Gasteiger partial charge is 0.395 e. The first-order valence-corrected chi connectivity index (χ1v) is 7.55. The Morgan fingerprint density at radius 1 is 1.29 bits per heavy atom. The Morgan fingerprint density at radius 2 is 2.10 bits per heavy atom. The molecular weight excluding hydrogens is 282 g/mol. The van der Waals surface area contributed by atoms with E-state index in [0.29, 0.717) is 6.42 Å². The van der Waals surface area contributed by atoms with Crippen LogP contribution in [0.15, 0.2) is 29.6 Å². The Hall–Kier alpha value is -2.09. The lowest BCUT2D eigenvalue weighted by Gasteiger charge is -2.07. The summed E-state index contributed by atoms with van der Waals surface area (Å²) in [6, 6.07) is 7.57. The third kappa shape index (κ3) is 3.94. The van der Waals surface area contributed by atoms with Gasteiger partial charge in [-0.2, -0.15) is 0 Å². The van der Waals surface area contributed by atoms with Gasteiger partial charge in [0.25, 0.3) is 5.91 Å². The molecule has 2 rings (SSSR count). The van der Waals surface area contributed by atoms with E-state index in [0.717, 1.165) is 27.3 Å². The Labute approximate surface area is 128 Å². The molecule has 0 bridgehead atoms. The van der Waals surface area contributed by atoms with E-state index in [1.807, 2.05) is 43.5 Å². The molecule has 0 radical (unpaired) electrons. The van der Waals surface area contributed by atoms with E-state index in [9.17, 15) is 4.79 Å². The summed E-state index contributed by atoms with van der Waals surface area (Å²) in [5.41, 5.74) is 3.66. The van der Waals surface area contributed by atoms with Gasteiger partial charge in [-0.25, -0.2) is 0 Å². The lowest BCUT2D eigenvalue weighted by atomic mass is 10.1. The van der Waals surface area contributed by atoms with Crippen LogP contribution in [0.3, 0.4) is 0 Å². The van der Waals surface area contributed by atoms with Crippen molar-refractivity contribution >= 4 is 22.9 Å². The number of aryl methyl sites for hydroxylation is 2. The van der Waals surface area contributed by atoms with Crippen LogP contribution in [0.5, 0.6) is 0 Å². The zero-order valence-electron chi connectivity index (χ0n) is 12.1. The number of aliphatic hydroxyl groups excluding tert-OH is 1. The molecule has 0 fully saturated rings. The molecule has 1 amide bonds. The number of hydrogen-bond donors (Lipinski definition) is 2. The number of nitrogens with one attached hydrogen (secondary N) is 1. The van der Waals surface area contributed by atoms with Crippen LogP contribution in [-0.4, -0.2) is 17.6 Å². The molecule has 3 nitrogen and oxygen atoms in total. The van der Waals surface area contributed by atoms with Crippen LogP contribution in [0.2, 0.25) is 0 Å². The number of aliphatic hydroxyl groups is 1. The number of anilines is 1. The highest BCUT2D eigenvalue weighted by Gasteiger charge is 2.10. The van der Waals surface area contributed by atoms with Gasteiger partial charge >= 0.3 is 0 Å². The maximum Gasteiger partial charge on any atom is 0.265 e. The maximum atomic E-state index is 12.1. The fourth-order valence-electron chi connectivity index (χ4n) is 1.89. The molecule has 0 saturated heterocycles. The SMILES string of the molecule is Cc1cc(NC(=O)c2sccc2C)ccc1C#CCCO. The first-order chi connectivity index (χ1) is 10.1. The van der Waals surface area contributed by atoms with Crippen molar-refractivity contribution in [2.24, 2.45) is 0 Å². The highest BCUT2D eigenvalue weighted by atomic mass is 32.1. The Kier molecular flexibility index (Phi) is 5.15. The van der Waals surface area contributed by atoms with E-state index in [4.69, 9.17) is 5.11 Å². The van der Waals surface area contributed by atoms with Gasteiger partial charge in [-0.3, -0.25) is 4.79 Å². The molecular formula is C17H17NO2S. The molecule has 0 aliphatic rings. The molecule has 4 heteroatoms. The smallest absolute Gasteiger partial charge is 0.265 e. The first-order valence-electron chi connectivity index (χ1n) is 6.67. The highest BCUT2D eigenvalue weighted by Crippen LogP contribution is 2.19. The molecule has 1 aromatic carbocycles. The fraction of sp³-hybridized carbons (Fsp3) is 0.235. The molecule has 0 unspecified atom stereocenters. The van der Waals surface area contributed by atoms with Crippen LogP contribution in [0, 0.1) is 25.7 Å². The zero-order valence-corrected chi connectivity index (χ0v) is 12.9. The topological polar surface area (TPSA) is 49.3 Å². The van der Waals surface area contributed by atoms with Gasteiger partial charge in [0.05, 0.1) is 11.5 Å². The lowest BCUT2D eigenvalue weighted by molar-refractivity contribution is 0.103. The van der Waals surface area contributed by atoms with Crippen molar-refractivity contribution in [1.82, 2.24) is 0 Å². The normalized spacial score (nSPS) is 9.86. The minimum absolute atomic E-state index is 0.0698. The van der Waals surface area contributed by atoms with Gasteiger partial charge in [0.2, 0.25) is 0 Å². The van der Waals surface area contributed by atoms with Crippen molar-refractivity contribution < 1.29 is 9.90 Å². The summed E-state index contributed by atoms with van der Waals surface area (Å²) >= 11 is 1.44. The van der Waals surface area contributed by atoms with E-state index in [1.165, 1.54) is 11.3 Å². The standard InChI is InChI=1S/C17H17NO2S/c1-12-8-10-21-16(12)17(20)18-15-7-6-14(13(2)11-15)5-3-4-9-19/h6-8,10-11,19H,4,9H2,1-2H3,(H,18,20). The van der Waals surface area contributed by atoms with Crippen molar-refractivity contribution in [1.29, 1.82) is 0 Å². The first kappa shape index (κ1) is 15.3. The predicted octanol–water partition coefficient (Wildman–Crippen LogP) is 3.35. The number of amides is 1. The quantitative estimate of drug-likeness (QED) is 0.854. The van der Waals surface area contributed by atoms with Gasteiger partial charge in [0.15, 0.2) is 0 Å². The summed E-state index contributed by atoms with van der Waals surface area (Å²) in [5, 5.41) is 13.5. The van der Waals surface area contributed by atoms with Crippen LogP contribution < -0.4 is 5.32 Å². The van der Waals surface area contributed by atoms with Crippen LogP contribution in [0.4, 0.5) is 5.69 Å². The monoisotopic (exact) mass is 299 g/mol. The van der Waals surface area contributed by atoms with Crippen LogP contribution in [-0.2, 0) is 0 Å². The molecule has 1 aromatic heterocycles. The number of hydrogen-bond acceptors (Lipinski definition) is 3. The molecule has 0 spiro atoms. The number of benzene rings is 1. The molecule has 0 saturated carbocycles. The summed E-state index contributed by atoms with van der Waals surface area (Å²) < 4.78 is 0. The number of rotatable bonds is 3. The third-order valence-electron chi connectivity index (χ3n) is 3.01. The van der Waals surface area contributed by atoms with Gasteiger partial charge in [-0.15, -0.1) is 11.3 Å². The van der Waals surface area contributed by atoms with Crippen molar-refractivity contribution in [2.75, 3.05) is 11.9 Å². The molecule has 0 aliphatic carbocycles. The average molecular weight is 299 g/mol. The van der Waals surface area contributed by atoms with E-state index in [2.05, 4.69) is 17.2 Å². The Morgan fingerprint density at radius 3 is 2.71 bits per heavy atom. The maximum absolute atomic E-state index is 12.1. The summed E-state index contributed by atoms with van der Waals surface area (Å²) in [4.78, 5) is 12.9. The van der Waals surface area contributed by atoms with E-state index < -0.39 is 0 Å². The van der Waals surface area contributed by atoms with Gasteiger partial charge in [-0.05, 0) is 54.6 Å². The number of carbonyl (C=O) groups excluding carboxylic acids is 1. The minimum Gasteiger partial charge on any atom is -0.395 e. The highest BCUT2D eigenvalue weighted by molar-refractivity contribution is 7.12. The second kappa shape index (κ2) is 7.07.